The Kier molecular flexibility index (Phi) is 8.09. The molecule has 38 heavy (non-hydrogen) atoms. The highest BCUT2D eigenvalue weighted by molar-refractivity contribution is 6.04. The number of fused-ring (bicyclic) bond motifs is 1. The van der Waals surface area contributed by atoms with Crippen molar-refractivity contribution >= 4 is 22.5 Å². The van der Waals surface area contributed by atoms with Crippen LogP contribution in [0, 0.1) is 6.92 Å². The number of nitrogens with zero attached hydrogens (tertiary/aromatic N) is 4. The van der Waals surface area contributed by atoms with E-state index < -0.39 is 5.60 Å². The van der Waals surface area contributed by atoms with Crippen LogP contribution in [-0.4, -0.2) is 76.1 Å². The van der Waals surface area contributed by atoms with Crippen LogP contribution in [0.4, 0.5) is 5.69 Å². The molecule has 1 aromatic carbocycles. The highest BCUT2D eigenvalue weighted by Crippen LogP contribution is 2.33. The first kappa shape index (κ1) is 26.7. The van der Waals surface area contributed by atoms with Gasteiger partial charge in [0.15, 0.2) is 0 Å². The molecule has 0 bridgehead atoms. The number of carbonyl (C=O) groups excluding carboxylic acids is 1. The molecular weight excluding hydrogens is 480 g/mol. The molecule has 2 saturated heterocycles. The van der Waals surface area contributed by atoms with Gasteiger partial charge >= 0.3 is 0 Å². The molecule has 9 heteroatoms. The van der Waals surface area contributed by atoms with Crippen molar-refractivity contribution in [1.82, 2.24) is 25.0 Å². The fourth-order valence-electron chi connectivity index (χ4n) is 5.46. The van der Waals surface area contributed by atoms with E-state index in [1.807, 2.05) is 31.2 Å². The van der Waals surface area contributed by atoms with E-state index in [-0.39, 0.29) is 5.91 Å². The van der Waals surface area contributed by atoms with Crippen molar-refractivity contribution in [3.05, 3.63) is 53.5 Å². The molecule has 3 N–H and O–H groups in total. The lowest BCUT2D eigenvalue weighted by atomic mass is 9.95. The SMILES string of the molecule is Cc1cccc(C(=O)Nc2cc3cn(C4CCN(CCOC5CCNCC5)CC4)nc3cc2C(C)(C)O)n1. The summed E-state index contributed by atoms with van der Waals surface area (Å²) in [6.07, 6.45) is 6.74. The number of rotatable bonds is 8. The largest absolute Gasteiger partial charge is 0.386 e. The van der Waals surface area contributed by atoms with E-state index >= 15 is 0 Å². The lowest BCUT2D eigenvalue weighted by Crippen LogP contribution is -2.38. The van der Waals surface area contributed by atoms with E-state index in [0.717, 1.165) is 81.6 Å². The van der Waals surface area contributed by atoms with Gasteiger partial charge in [-0.3, -0.25) is 9.48 Å². The van der Waals surface area contributed by atoms with Crippen LogP contribution in [0.2, 0.25) is 0 Å². The summed E-state index contributed by atoms with van der Waals surface area (Å²) in [7, 11) is 0. The van der Waals surface area contributed by atoms with Crippen LogP contribution >= 0.6 is 0 Å². The minimum Gasteiger partial charge on any atom is -0.386 e. The molecule has 0 aliphatic carbocycles. The second kappa shape index (κ2) is 11.5. The molecule has 0 radical (unpaired) electrons. The van der Waals surface area contributed by atoms with Gasteiger partial charge in [-0.1, -0.05) is 6.07 Å². The summed E-state index contributed by atoms with van der Waals surface area (Å²) in [4.78, 5) is 19.8. The van der Waals surface area contributed by atoms with Crippen molar-refractivity contribution in [2.75, 3.05) is 44.6 Å². The molecule has 2 aliphatic rings. The molecule has 0 saturated carbocycles. The third-order valence-corrected chi connectivity index (χ3v) is 7.67. The van der Waals surface area contributed by atoms with Gasteiger partial charge in [0, 0.05) is 48.2 Å². The number of amides is 1. The molecule has 5 rings (SSSR count). The number of piperidine rings is 2. The summed E-state index contributed by atoms with van der Waals surface area (Å²) < 4.78 is 8.16. The van der Waals surface area contributed by atoms with Gasteiger partial charge in [0.2, 0.25) is 0 Å². The van der Waals surface area contributed by atoms with Crippen LogP contribution < -0.4 is 10.6 Å². The van der Waals surface area contributed by atoms with Gasteiger partial charge in [0.05, 0.1) is 29.9 Å². The summed E-state index contributed by atoms with van der Waals surface area (Å²) in [6, 6.07) is 9.48. The number of hydrogen-bond acceptors (Lipinski definition) is 7. The van der Waals surface area contributed by atoms with Gasteiger partial charge in [0.25, 0.3) is 5.91 Å². The van der Waals surface area contributed by atoms with E-state index in [0.29, 0.717) is 29.1 Å². The van der Waals surface area contributed by atoms with Crippen molar-refractivity contribution in [2.24, 2.45) is 0 Å². The molecule has 2 fully saturated rings. The van der Waals surface area contributed by atoms with Gasteiger partial charge in [-0.05, 0) is 83.8 Å². The van der Waals surface area contributed by atoms with Crippen molar-refractivity contribution in [3.63, 3.8) is 0 Å². The van der Waals surface area contributed by atoms with Crippen LogP contribution in [0.25, 0.3) is 10.9 Å². The number of hydrogen-bond donors (Lipinski definition) is 3. The van der Waals surface area contributed by atoms with Crippen molar-refractivity contribution in [2.45, 2.75) is 64.2 Å². The highest BCUT2D eigenvalue weighted by atomic mass is 16.5. The molecule has 204 valence electrons. The Hall–Kier alpha value is -2.85. The third kappa shape index (κ3) is 6.40. The maximum atomic E-state index is 12.9. The van der Waals surface area contributed by atoms with E-state index in [1.54, 1.807) is 19.9 Å². The third-order valence-electron chi connectivity index (χ3n) is 7.67. The Bertz CT molecular complexity index is 1250. The minimum atomic E-state index is -1.15. The normalized spacial score (nSPS) is 18.2. The van der Waals surface area contributed by atoms with Crippen LogP contribution in [0.3, 0.4) is 0 Å². The average Bonchev–Trinajstić information content (AvgIpc) is 3.32. The lowest BCUT2D eigenvalue weighted by Gasteiger charge is -2.32. The van der Waals surface area contributed by atoms with Crippen LogP contribution in [0.5, 0.6) is 0 Å². The maximum Gasteiger partial charge on any atom is 0.274 e. The second-order valence-electron chi connectivity index (χ2n) is 11.1. The molecule has 3 aromatic rings. The van der Waals surface area contributed by atoms with Crippen molar-refractivity contribution < 1.29 is 14.6 Å². The number of pyridine rings is 1. The number of aromatic nitrogens is 3. The molecule has 2 aliphatic heterocycles. The molecule has 4 heterocycles. The Balaban J connectivity index is 1.25. The zero-order valence-corrected chi connectivity index (χ0v) is 22.7. The average molecular weight is 521 g/mol. The smallest absolute Gasteiger partial charge is 0.274 e. The minimum absolute atomic E-state index is 0.303. The van der Waals surface area contributed by atoms with Gasteiger partial charge < -0.3 is 25.4 Å². The number of ether oxygens (including phenoxy) is 1. The fraction of sp³-hybridized carbons (Fsp3) is 0.552. The monoisotopic (exact) mass is 520 g/mol. The van der Waals surface area contributed by atoms with Gasteiger partial charge in [-0.2, -0.15) is 5.10 Å². The first-order valence-electron chi connectivity index (χ1n) is 13.8. The molecule has 1 amide bonds. The van der Waals surface area contributed by atoms with Crippen LogP contribution in [0.1, 0.15) is 67.3 Å². The Morgan fingerprint density at radius 3 is 2.66 bits per heavy atom. The molecule has 2 aromatic heterocycles. The predicted octanol–water partition coefficient (Wildman–Crippen LogP) is 3.62. The zero-order chi connectivity index (χ0) is 26.7. The molecule has 0 atom stereocenters. The van der Waals surface area contributed by atoms with E-state index in [4.69, 9.17) is 9.84 Å². The number of carbonyl (C=O) groups is 1. The lowest BCUT2D eigenvalue weighted by molar-refractivity contribution is 0.0157. The summed E-state index contributed by atoms with van der Waals surface area (Å²) in [5, 5.41) is 23.0. The number of likely N-dealkylation sites (tertiary alicyclic amines) is 1. The predicted molar refractivity (Wildman–Crippen MR) is 148 cm³/mol. The van der Waals surface area contributed by atoms with Crippen molar-refractivity contribution in [1.29, 1.82) is 0 Å². The van der Waals surface area contributed by atoms with Gasteiger partial charge in [0.1, 0.15) is 5.69 Å². The first-order chi connectivity index (χ1) is 18.3. The summed E-state index contributed by atoms with van der Waals surface area (Å²) in [6.45, 7) is 11.2. The van der Waals surface area contributed by atoms with Gasteiger partial charge in [-0.15, -0.1) is 0 Å². The van der Waals surface area contributed by atoms with Crippen LogP contribution in [0.15, 0.2) is 36.5 Å². The summed E-state index contributed by atoms with van der Waals surface area (Å²) in [5.41, 5.74) is 1.98. The summed E-state index contributed by atoms with van der Waals surface area (Å²) >= 11 is 0. The molecule has 0 spiro atoms. The number of nitrogens with one attached hydrogen (secondary N) is 2. The molecule has 0 unspecified atom stereocenters. The van der Waals surface area contributed by atoms with E-state index in [1.165, 1.54) is 0 Å². The Labute approximate surface area is 224 Å². The molecule has 9 nitrogen and oxygen atoms in total. The topological polar surface area (TPSA) is 105 Å². The number of aliphatic hydroxyl groups is 1. The number of aryl methyl sites for hydroxylation is 1. The number of anilines is 1. The van der Waals surface area contributed by atoms with E-state index in [2.05, 4.69) is 31.4 Å². The highest BCUT2D eigenvalue weighted by Gasteiger charge is 2.26. The van der Waals surface area contributed by atoms with Gasteiger partial charge in [-0.25, -0.2) is 4.98 Å². The quantitative estimate of drug-likeness (QED) is 0.417. The van der Waals surface area contributed by atoms with E-state index in [9.17, 15) is 9.90 Å². The standard InChI is InChI=1S/C29H40N6O3/c1-20-5-4-6-25(31-20)28(36)32-27-17-21-19-35(33-26(21)18-24(27)29(2,3)37)22-9-13-34(14-10-22)15-16-38-23-7-11-30-12-8-23/h4-6,17-19,22-23,30,37H,7-16H2,1-3H3,(H,32,36). The molecular formula is C29H40N6O3. The first-order valence-corrected chi connectivity index (χ1v) is 13.8. The second-order valence-corrected chi connectivity index (χ2v) is 11.1. The Morgan fingerprint density at radius 1 is 1.18 bits per heavy atom. The fourth-order valence-corrected chi connectivity index (χ4v) is 5.46. The van der Waals surface area contributed by atoms with Crippen LogP contribution in [-0.2, 0) is 10.3 Å². The number of benzene rings is 1. The maximum absolute atomic E-state index is 12.9. The summed E-state index contributed by atoms with van der Waals surface area (Å²) in [5.74, 6) is -0.303. The zero-order valence-electron chi connectivity index (χ0n) is 22.7. The Morgan fingerprint density at radius 2 is 1.95 bits per heavy atom. The van der Waals surface area contributed by atoms with Crippen molar-refractivity contribution in [3.8, 4) is 0 Å².